The predicted molar refractivity (Wildman–Crippen MR) is 540 cm³/mol. The molecule has 0 saturated carbocycles. The van der Waals surface area contributed by atoms with Gasteiger partial charge in [0, 0.05) is 141 Å². The van der Waals surface area contributed by atoms with E-state index < -0.39 is 0 Å². The number of thiophene rings is 2. The molecule has 0 spiro atoms. The van der Waals surface area contributed by atoms with Gasteiger partial charge in [-0.1, -0.05) is 295 Å². The summed E-state index contributed by atoms with van der Waals surface area (Å²) >= 11 is 7.34. The van der Waals surface area contributed by atoms with Crippen molar-refractivity contribution in [2.75, 3.05) is 29.8 Å². The van der Waals surface area contributed by atoms with E-state index in [1.165, 1.54) is 124 Å². The first-order valence-electron chi connectivity index (χ1n) is 42.2. The van der Waals surface area contributed by atoms with Gasteiger partial charge in [-0.2, -0.15) is 0 Å². The van der Waals surface area contributed by atoms with Gasteiger partial charge >= 0.3 is 0 Å². The molecule has 2 aliphatic heterocycles. The summed E-state index contributed by atoms with van der Waals surface area (Å²) in [6.45, 7) is 0. The fourth-order valence-corrected chi connectivity index (χ4v) is 20.7. The highest BCUT2D eigenvalue weighted by Gasteiger charge is 2.30. The lowest BCUT2D eigenvalue weighted by molar-refractivity contribution is 1.25. The van der Waals surface area contributed by atoms with Gasteiger partial charge in [0.2, 0.25) is 0 Å². The maximum absolute atomic E-state index is 3.64. The van der Waals surface area contributed by atoms with Crippen molar-refractivity contribution in [1.29, 1.82) is 0 Å². The van der Waals surface area contributed by atoms with Crippen LogP contribution in [0.15, 0.2) is 478 Å². The van der Waals surface area contributed by atoms with Crippen LogP contribution in [0.5, 0.6) is 0 Å². The molecule has 2 aliphatic rings. The van der Waals surface area contributed by atoms with E-state index in [0.717, 1.165) is 84.0 Å². The van der Waals surface area contributed by atoms with Crippen molar-refractivity contribution < 1.29 is 0 Å². The van der Waals surface area contributed by atoms with Crippen molar-refractivity contribution in [3.05, 3.63) is 478 Å². The van der Waals surface area contributed by atoms with Crippen LogP contribution >= 0.6 is 38.6 Å². The Morgan fingerprint density at radius 1 is 0.208 bits per heavy atom. The van der Waals surface area contributed by atoms with Gasteiger partial charge in [-0.15, -0.1) is 22.7 Å². The Morgan fingerprint density at radius 3 is 0.976 bits per heavy atom. The van der Waals surface area contributed by atoms with Crippen LogP contribution in [0, 0.1) is 0 Å². The Bertz CT molecular complexity index is 7600. The first kappa shape index (κ1) is 75.8. The Balaban J connectivity index is 0.000000124. The van der Waals surface area contributed by atoms with Gasteiger partial charge in [-0.25, -0.2) is 0 Å². The standard InChI is InChI=1S/C58H39N3S.C36H26N2S.C22H14BrN/c1-4-16-43(17-5-1)59(44-18-6-2-7-19-44)46-30-26-40(27-31-46)41-28-32-47(33-29-41)60(49-35-37-52-51-22-10-11-25-56(51)62-57(52)39-49)48-34-36-50-53-23-12-14-42-15-13-24-54(58(42)53)61(55(50)38-48)45-20-8-3-9-21-45;1-3-9-30(10-4-1)38(31-11-5-2-6-12-31)32-22-17-27(18-23-32)26-15-19-28(20-16-26)37-29-21-24-34-33-13-7-8-14-35(33)39-36(34)25-29;23-16-12-13-18-19-10-4-6-15-7-5-11-20(22(15)19)24(21(18)14-16)17-8-2-1-3-9-17/h1-39H;1-25,37H;1-14H. The van der Waals surface area contributed by atoms with Gasteiger partial charge in [0.15, 0.2) is 0 Å². The highest BCUT2D eigenvalue weighted by Crippen LogP contribution is 2.55. The number of benzene rings is 20. The molecule has 0 saturated heterocycles. The Kier molecular flexibility index (Phi) is 20.2. The number of hydrogen-bond donors (Lipinski definition) is 1. The molecule has 0 amide bonds. The summed E-state index contributed by atoms with van der Waals surface area (Å²) in [7, 11) is 0. The molecule has 0 atom stereocenters. The quantitative estimate of drug-likeness (QED) is 0.110. The van der Waals surface area contributed by atoms with Crippen molar-refractivity contribution in [1.82, 2.24) is 0 Å². The van der Waals surface area contributed by atoms with Crippen molar-refractivity contribution in [3.8, 4) is 44.5 Å². The molecule has 22 aromatic rings. The summed E-state index contributed by atoms with van der Waals surface area (Å²) in [5.74, 6) is 0. The minimum Gasteiger partial charge on any atom is -0.355 e. The molecule has 24 rings (SSSR count). The summed E-state index contributed by atoms with van der Waals surface area (Å²) in [5.41, 5.74) is 29.1. The van der Waals surface area contributed by atoms with Crippen LogP contribution in [0.25, 0.3) is 106 Å². The van der Waals surface area contributed by atoms with E-state index in [-0.39, 0.29) is 0 Å². The summed E-state index contributed by atoms with van der Waals surface area (Å²) in [5, 5.41) is 13.9. The smallest absolute Gasteiger partial charge is 0.0561 e. The molecule has 0 radical (unpaired) electrons. The number of fused-ring (bicyclic) bond motifs is 10. The van der Waals surface area contributed by atoms with E-state index >= 15 is 0 Å². The molecule has 0 fully saturated rings. The van der Waals surface area contributed by atoms with Crippen LogP contribution in [-0.2, 0) is 0 Å². The minimum atomic E-state index is 1.08. The van der Waals surface area contributed by atoms with Crippen LogP contribution < -0.4 is 29.8 Å². The van der Waals surface area contributed by atoms with Crippen LogP contribution in [0.2, 0.25) is 0 Å². The number of para-hydroxylation sites is 6. The van der Waals surface area contributed by atoms with Crippen molar-refractivity contribution in [3.63, 3.8) is 0 Å². The molecule has 20 aromatic carbocycles. The predicted octanol–water partition coefficient (Wildman–Crippen LogP) is 35.3. The lowest BCUT2D eigenvalue weighted by Crippen LogP contribution is -2.16. The molecule has 592 valence electrons. The number of nitrogens with one attached hydrogen (secondary N) is 1. The van der Waals surface area contributed by atoms with Gasteiger partial charge in [0.05, 0.1) is 22.7 Å². The summed E-state index contributed by atoms with van der Waals surface area (Å²) in [4.78, 5) is 11.8. The average Bonchev–Trinajstić information content (AvgIpc) is 1.63. The van der Waals surface area contributed by atoms with Crippen LogP contribution in [0.4, 0.5) is 96.7 Å². The molecule has 125 heavy (non-hydrogen) atoms. The molecular formula is C116H79BrN6S2. The molecule has 9 heteroatoms. The summed E-state index contributed by atoms with van der Waals surface area (Å²) in [6.07, 6.45) is 0. The van der Waals surface area contributed by atoms with Gasteiger partial charge in [-0.05, 0) is 238 Å². The van der Waals surface area contributed by atoms with Gasteiger partial charge in [0.25, 0.3) is 0 Å². The summed E-state index contributed by atoms with van der Waals surface area (Å²) < 4.78 is 6.30. The largest absolute Gasteiger partial charge is 0.355 e. The number of halogens is 1. The topological polar surface area (TPSA) is 28.2 Å². The molecule has 0 unspecified atom stereocenters. The Morgan fingerprint density at radius 2 is 0.528 bits per heavy atom. The minimum absolute atomic E-state index is 1.08. The zero-order chi connectivity index (χ0) is 83.1. The molecule has 1 N–H and O–H groups in total. The van der Waals surface area contributed by atoms with E-state index in [2.05, 4.69) is 519 Å². The van der Waals surface area contributed by atoms with Crippen LogP contribution in [-0.4, -0.2) is 0 Å². The lowest BCUT2D eigenvalue weighted by atomic mass is 9.90. The third-order valence-corrected chi connectivity index (χ3v) is 26.6. The molecule has 2 aromatic heterocycles. The van der Waals surface area contributed by atoms with Crippen molar-refractivity contribution in [2.24, 2.45) is 0 Å². The monoisotopic (exact) mass is 1700 g/mol. The van der Waals surface area contributed by atoms with E-state index in [4.69, 9.17) is 0 Å². The van der Waals surface area contributed by atoms with E-state index in [9.17, 15) is 0 Å². The Hall–Kier alpha value is -15.4. The van der Waals surface area contributed by atoms with Crippen LogP contribution in [0.1, 0.15) is 0 Å². The van der Waals surface area contributed by atoms with Gasteiger partial charge in [0.1, 0.15) is 0 Å². The maximum Gasteiger partial charge on any atom is 0.0561 e. The first-order valence-corrected chi connectivity index (χ1v) is 44.6. The number of rotatable bonds is 15. The second-order valence-corrected chi connectivity index (χ2v) is 34.4. The fourth-order valence-electron chi connectivity index (χ4n) is 18.1. The first-order chi connectivity index (χ1) is 61.9. The number of hydrogen-bond acceptors (Lipinski definition) is 8. The summed E-state index contributed by atoms with van der Waals surface area (Å²) in [6, 6.07) is 170. The average molecular weight is 1700 g/mol. The SMILES string of the molecule is Brc1ccc2c(c1)N(c1ccccc1)c1cccc3cccc-2c13.c1ccc(N(c2ccccc2)c2ccc(-c3ccc(N(c4ccc5c(c4)N(c4ccccc4)c4cccc6cccc-5c46)c4ccc5c(c4)sc4ccccc45)cc3)cc2)cc1.c1ccc(N(c2ccccc2)c2ccc(-c3ccc(Nc4ccc5c(c4)sc4ccccc45)cc3)cc2)cc1. The van der Waals surface area contributed by atoms with Crippen LogP contribution in [0.3, 0.4) is 0 Å². The van der Waals surface area contributed by atoms with E-state index in [1.54, 1.807) is 0 Å². The number of anilines is 17. The normalized spacial score (nSPS) is 11.7. The third-order valence-electron chi connectivity index (χ3n) is 23.8. The van der Waals surface area contributed by atoms with Gasteiger partial charge in [-0.3, -0.25) is 0 Å². The molecular weight excluding hydrogens is 1620 g/mol. The lowest BCUT2D eigenvalue weighted by Gasteiger charge is -2.35. The highest BCUT2D eigenvalue weighted by atomic mass is 79.9. The maximum atomic E-state index is 3.64. The second-order valence-electron chi connectivity index (χ2n) is 31.3. The fraction of sp³-hybridized carbons (Fsp3) is 0. The highest BCUT2D eigenvalue weighted by molar-refractivity contribution is 9.10. The number of nitrogens with zero attached hydrogens (tertiary/aromatic N) is 5. The van der Waals surface area contributed by atoms with E-state index in [1.807, 2.05) is 22.7 Å². The molecule has 6 nitrogen and oxygen atoms in total. The van der Waals surface area contributed by atoms with Crippen molar-refractivity contribution >= 4 is 197 Å². The zero-order valence-corrected chi connectivity index (χ0v) is 71.2. The Labute approximate surface area is 743 Å². The van der Waals surface area contributed by atoms with Gasteiger partial charge < -0.3 is 29.8 Å². The molecule has 4 heterocycles. The molecule has 0 aliphatic carbocycles. The van der Waals surface area contributed by atoms with Crippen molar-refractivity contribution in [2.45, 2.75) is 0 Å². The second kappa shape index (κ2) is 33.2. The third kappa shape index (κ3) is 14.6. The van der Waals surface area contributed by atoms with E-state index in [0.29, 0.717) is 0 Å². The zero-order valence-electron chi connectivity index (χ0n) is 68.0. The molecule has 0 bridgehead atoms.